The van der Waals surface area contributed by atoms with Crippen molar-refractivity contribution in [2.24, 2.45) is 17.6 Å². The van der Waals surface area contributed by atoms with Gasteiger partial charge in [-0.2, -0.15) is 0 Å². The Balaban J connectivity index is 2.45. The van der Waals surface area contributed by atoms with Crippen LogP contribution in [0.25, 0.3) is 0 Å². The fourth-order valence-electron chi connectivity index (χ4n) is 3.11. The van der Waals surface area contributed by atoms with Gasteiger partial charge in [0.1, 0.15) is 5.75 Å². The van der Waals surface area contributed by atoms with Crippen molar-refractivity contribution in [3.63, 3.8) is 0 Å². The molecule has 1 aromatic carbocycles. The Morgan fingerprint density at radius 2 is 2.19 bits per heavy atom. The topological polar surface area (TPSA) is 46.2 Å². The molecule has 0 radical (unpaired) electrons. The number of benzene rings is 1. The van der Waals surface area contributed by atoms with E-state index < -0.39 is 0 Å². The van der Waals surface area contributed by atoms with Crippen molar-refractivity contribution in [3.8, 4) is 5.75 Å². The minimum absolute atomic E-state index is 0.457. The average molecular weight is 219 g/mol. The lowest BCUT2D eigenvalue weighted by atomic mass is 9.70. The zero-order chi connectivity index (χ0) is 11.7. The van der Waals surface area contributed by atoms with Crippen molar-refractivity contribution < 1.29 is 5.11 Å². The van der Waals surface area contributed by atoms with Crippen LogP contribution in [-0.4, -0.2) is 11.7 Å². The lowest BCUT2D eigenvalue weighted by molar-refractivity contribution is 0.306. The Morgan fingerprint density at radius 1 is 1.44 bits per heavy atom. The van der Waals surface area contributed by atoms with Crippen LogP contribution in [-0.2, 0) is 6.42 Å². The molecule has 2 nitrogen and oxygen atoms in total. The quantitative estimate of drug-likeness (QED) is 0.803. The van der Waals surface area contributed by atoms with Crippen LogP contribution >= 0.6 is 0 Å². The number of phenols is 1. The van der Waals surface area contributed by atoms with Crippen LogP contribution in [0.3, 0.4) is 0 Å². The van der Waals surface area contributed by atoms with Gasteiger partial charge in [0.05, 0.1) is 0 Å². The summed E-state index contributed by atoms with van der Waals surface area (Å²) in [7, 11) is 0. The van der Waals surface area contributed by atoms with Crippen molar-refractivity contribution in [3.05, 3.63) is 29.3 Å². The van der Waals surface area contributed by atoms with Gasteiger partial charge in [0, 0.05) is 0 Å². The fraction of sp³-hybridized carbons (Fsp3) is 0.571. The highest BCUT2D eigenvalue weighted by Gasteiger charge is 2.31. The first-order chi connectivity index (χ1) is 7.65. The molecule has 2 atom stereocenters. The SMILES string of the molecule is CC(C)C1c2cccc(O)c2CCC1CN. The third-order valence-electron chi connectivity index (χ3n) is 3.84. The molecule has 1 aliphatic rings. The zero-order valence-electron chi connectivity index (χ0n) is 10.1. The maximum Gasteiger partial charge on any atom is 0.119 e. The minimum atomic E-state index is 0.457. The minimum Gasteiger partial charge on any atom is -0.508 e. The highest BCUT2D eigenvalue weighted by atomic mass is 16.3. The van der Waals surface area contributed by atoms with Crippen molar-refractivity contribution in [1.29, 1.82) is 0 Å². The van der Waals surface area contributed by atoms with Gasteiger partial charge in [-0.1, -0.05) is 26.0 Å². The number of phenolic OH excluding ortho intramolecular Hbond substituents is 1. The van der Waals surface area contributed by atoms with E-state index in [1.165, 1.54) is 5.56 Å². The maximum atomic E-state index is 9.88. The van der Waals surface area contributed by atoms with Gasteiger partial charge in [0.25, 0.3) is 0 Å². The summed E-state index contributed by atoms with van der Waals surface area (Å²) in [6.45, 7) is 5.23. The summed E-state index contributed by atoms with van der Waals surface area (Å²) < 4.78 is 0. The first-order valence-electron chi connectivity index (χ1n) is 6.16. The van der Waals surface area contributed by atoms with Crippen LogP contribution in [0.1, 0.15) is 37.3 Å². The van der Waals surface area contributed by atoms with Crippen molar-refractivity contribution in [2.75, 3.05) is 6.54 Å². The third-order valence-corrected chi connectivity index (χ3v) is 3.84. The second-order valence-electron chi connectivity index (χ2n) is 5.15. The van der Waals surface area contributed by atoms with Crippen LogP contribution in [0.5, 0.6) is 5.75 Å². The molecule has 0 fully saturated rings. The molecular formula is C14H21NO. The number of hydrogen-bond acceptors (Lipinski definition) is 2. The summed E-state index contributed by atoms with van der Waals surface area (Å²) in [5.41, 5.74) is 8.32. The first-order valence-corrected chi connectivity index (χ1v) is 6.16. The predicted molar refractivity (Wildman–Crippen MR) is 66.6 cm³/mol. The van der Waals surface area contributed by atoms with Gasteiger partial charge in [-0.05, 0) is 54.3 Å². The summed E-state index contributed by atoms with van der Waals surface area (Å²) in [6.07, 6.45) is 2.07. The Morgan fingerprint density at radius 3 is 2.81 bits per heavy atom. The smallest absolute Gasteiger partial charge is 0.119 e. The molecule has 2 unspecified atom stereocenters. The predicted octanol–water partition coefficient (Wildman–Crippen LogP) is 2.65. The van der Waals surface area contributed by atoms with Crippen molar-refractivity contribution in [2.45, 2.75) is 32.6 Å². The fourth-order valence-corrected chi connectivity index (χ4v) is 3.11. The van der Waals surface area contributed by atoms with Crippen LogP contribution in [0.4, 0.5) is 0 Å². The van der Waals surface area contributed by atoms with Gasteiger partial charge in [0.2, 0.25) is 0 Å². The molecule has 0 aliphatic heterocycles. The van der Waals surface area contributed by atoms with Gasteiger partial charge in [-0.25, -0.2) is 0 Å². The molecule has 0 saturated carbocycles. The van der Waals surface area contributed by atoms with E-state index in [-0.39, 0.29) is 0 Å². The Hall–Kier alpha value is -1.02. The summed E-state index contributed by atoms with van der Waals surface area (Å²) in [5.74, 6) is 2.10. The molecule has 2 heteroatoms. The standard InChI is InChI=1S/C14H21NO/c1-9(2)14-10(8-15)6-7-11-12(14)4-3-5-13(11)16/h3-5,9-10,14,16H,6-8,15H2,1-2H3. The number of hydrogen-bond donors (Lipinski definition) is 2. The van der Waals surface area contributed by atoms with E-state index in [9.17, 15) is 5.11 Å². The molecule has 1 aliphatic carbocycles. The van der Waals surface area contributed by atoms with Gasteiger partial charge in [-0.15, -0.1) is 0 Å². The van der Waals surface area contributed by atoms with Crippen LogP contribution < -0.4 is 5.73 Å². The number of fused-ring (bicyclic) bond motifs is 1. The monoisotopic (exact) mass is 219 g/mol. The van der Waals surface area contributed by atoms with Gasteiger partial charge in [-0.3, -0.25) is 0 Å². The molecule has 3 N–H and O–H groups in total. The highest BCUT2D eigenvalue weighted by Crippen LogP contribution is 2.43. The van der Waals surface area contributed by atoms with E-state index in [1.807, 2.05) is 6.07 Å². The number of rotatable bonds is 2. The van der Waals surface area contributed by atoms with Crippen molar-refractivity contribution >= 4 is 0 Å². The Labute approximate surface area is 97.5 Å². The van der Waals surface area contributed by atoms with Gasteiger partial charge in [0.15, 0.2) is 0 Å². The highest BCUT2D eigenvalue weighted by molar-refractivity contribution is 5.43. The third kappa shape index (κ3) is 1.82. The van der Waals surface area contributed by atoms with E-state index in [2.05, 4.69) is 19.9 Å². The molecule has 2 rings (SSSR count). The maximum absolute atomic E-state index is 9.88. The number of aromatic hydroxyl groups is 1. The van der Waals surface area contributed by atoms with Crippen LogP contribution in [0.2, 0.25) is 0 Å². The Kier molecular flexibility index (Phi) is 3.20. The van der Waals surface area contributed by atoms with E-state index in [1.54, 1.807) is 6.07 Å². The summed E-state index contributed by atoms with van der Waals surface area (Å²) >= 11 is 0. The van der Waals surface area contributed by atoms with Crippen LogP contribution in [0, 0.1) is 11.8 Å². The van der Waals surface area contributed by atoms with Gasteiger partial charge < -0.3 is 10.8 Å². The second-order valence-corrected chi connectivity index (χ2v) is 5.15. The molecule has 0 saturated heterocycles. The summed E-state index contributed by atoms with van der Waals surface area (Å²) in [5, 5.41) is 9.88. The molecule has 0 aromatic heterocycles. The zero-order valence-corrected chi connectivity index (χ0v) is 10.1. The van der Waals surface area contributed by atoms with Crippen molar-refractivity contribution in [1.82, 2.24) is 0 Å². The normalized spacial score (nSPS) is 24.5. The second kappa shape index (κ2) is 4.46. The van der Waals surface area contributed by atoms with E-state index >= 15 is 0 Å². The van der Waals surface area contributed by atoms with E-state index in [4.69, 9.17) is 5.73 Å². The Bertz CT molecular complexity index is 373. The molecule has 0 spiro atoms. The first kappa shape index (κ1) is 11.5. The lowest BCUT2D eigenvalue weighted by Crippen LogP contribution is -2.30. The molecule has 88 valence electrons. The van der Waals surface area contributed by atoms with E-state index in [0.29, 0.717) is 23.5 Å². The summed E-state index contributed by atoms with van der Waals surface area (Å²) in [6, 6.07) is 5.89. The number of nitrogens with two attached hydrogens (primary N) is 1. The molecule has 0 amide bonds. The average Bonchev–Trinajstić information content (AvgIpc) is 2.27. The lowest BCUT2D eigenvalue weighted by Gasteiger charge is -2.36. The summed E-state index contributed by atoms with van der Waals surface area (Å²) in [4.78, 5) is 0. The molecular weight excluding hydrogens is 198 g/mol. The molecule has 1 aromatic rings. The van der Waals surface area contributed by atoms with E-state index in [0.717, 1.165) is 24.9 Å². The van der Waals surface area contributed by atoms with Gasteiger partial charge >= 0.3 is 0 Å². The van der Waals surface area contributed by atoms with Crippen LogP contribution in [0.15, 0.2) is 18.2 Å². The largest absolute Gasteiger partial charge is 0.508 e. The molecule has 0 heterocycles. The molecule has 0 bridgehead atoms. The molecule has 16 heavy (non-hydrogen) atoms.